The standard InChI is InChI=1S/C20H26N2O2/c1-14-4-2-5-15(8-14)10-20(24)21-11-16-9-17(13-21)18-6-3-7-19(23)22(18)12-16/h2,4-5,8,16-18H,3,6-7,9-13H2,1H3/t16-,17-,18-/m1/s1. The van der Waals surface area contributed by atoms with Crippen LogP contribution in [0.1, 0.15) is 36.8 Å². The fourth-order valence-corrected chi connectivity index (χ4v) is 4.92. The first kappa shape index (κ1) is 15.7. The van der Waals surface area contributed by atoms with Gasteiger partial charge in [-0.05, 0) is 43.6 Å². The van der Waals surface area contributed by atoms with Gasteiger partial charge in [0.1, 0.15) is 0 Å². The molecule has 4 heteroatoms. The average Bonchev–Trinajstić information content (AvgIpc) is 2.56. The molecule has 128 valence electrons. The third kappa shape index (κ3) is 2.94. The van der Waals surface area contributed by atoms with Crippen molar-refractivity contribution in [2.45, 2.75) is 45.1 Å². The van der Waals surface area contributed by atoms with Crippen LogP contribution in [0.15, 0.2) is 24.3 Å². The van der Waals surface area contributed by atoms with Gasteiger partial charge in [0.15, 0.2) is 0 Å². The largest absolute Gasteiger partial charge is 0.342 e. The first-order valence-corrected chi connectivity index (χ1v) is 9.23. The van der Waals surface area contributed by atoms with Crippen LogP contribution >= 0.6 is 0 Å². The molecule has 3 saturated heterocycles. The molecule has 2 bridgehead atoms. The lowest BCUT2D eigenvalue weighted by Gasteiger charge is -2.52. The van der Waals surface area contributed by atoms with Crippen LogP contribution in [0.25, 0.3) is 0 Å². The SMILES string of the molecule is Cc1cccc(CC(=O)N2C[C@H]3C[C@H](C2)[C@H]2CCCC(=O)N2C3)c1. The number of piperidine rings is 3. The van der Waals surface area contributed by atoms with Gasteiger partial charge >= 0.3 is 0 Å². The summed E-state index contributed by atoms with van der Waals surface area (Å²) in [5.74, 6) is 1.51. The fraction of sp³-hybridized carbons (Fsp3) is 0.600. The number of hydrogen-bond acceptors (Lipinski definition) is 2. The van der Waals surface area contributed by atoms with Crippen LogP contribution in [0, 0.1) is 18.8 Å². The molecule has 1 aromatic rings. The van der Waals surface area contributed by atoms with Crippen LogP contribution in [0.4, 0.5) is 0 Å². The summed E-state index contributed by atoms with van der Waals surface area (Å²) in [6.45, 7) is 4.56. The number of likely N-dealkylation sites (tertiary alicyclic amines) is 1. The smallest absolute Gasteiger partial charge is 0.227 e. The fourth-order valence-electron chi connectivity index (χ4n) is 4.92. The van der Waals surface area contributed by atoms with Crippen molar-refractivity contribution in [2.24, 2.45) is 11.8 Å². The van der Waals surface area contributed by atoms with Crippen molar-refractivity contribution in [1.29, 1.82) is 0 Å². The van der Waals surface area contributed by atoms with Crippen LogP contribution in [-0.2, 0) is 16.0 Å². The molecule has 0 N–H and O–H groups in total. The molecule has 2 amide bonds. The molecule has 24 heavy (non-hydrogen) atoms. The molecule has 4 rings (SSSR count). The van der Waals surface area contributed by atoms with E-state index in [4.69, 9.17) is 0 Å². The van der Waals surface area contributed by atoms with Crippen molar-refractivity contribution in [2.75, 3.05) is 19.6 Å². The molecule has 3 aliphatic heterocycles. The normalized spacial score (nSPS) is 29.4. The summed E-state index contributed by atoms with van der Waals surface area (Å²) < 4.78 is 0. The number of carbonyl (C=O) groups is 2. The Hall–Kier alpha value is -1.84. The maximum atomic E-state index is 12.8. The predicted octanol–water partition coefficient (Wildman–Crippen LogP) is 2.40. The van der Waals surface area contributed by atoms with Crippen LogP contribution in [-0.4, -0.2) is 47.3 Å². The molecule has 3 heterocycles. The Morgan fingerprint density at radius 1 is 1.25 bits per heavy atom. The summed E-state index contributed by atoms with van der Waals surface area (Å²) in [4.78, 5) is 29.2. The number of hydrogen-bond donors (Lipinski definition) is 0. The first-order chi connectivity index (χ1) is 11.6. The molecular formula is C20H26N2O2. The van der Waals surface area contributed by atoms with Crippen molar-refractivity contribution < 1.29 is 9.59 Å². The summed E-state index contributed by atoms with van der Waals surface area (Å²) in [7, 11) is 0. The zero-order valence-corrected chi connectivity index (χ0v) is 14.4. The highest BCUT2D eigenvalue weighted by atomic mass is 16.2. The van der Waals surface area contributed by atoms with E-state index in [1.54, 1.807) is 0 Å². The highest BCUT2D eigenvalue weighted by molar-refractivity contribution is 5.79. The van der Waals surface area contributed by atoms with Gasteiger partial charge in [-0.2, -0.15) is 0 Å². The molecule has 3 aliphatic rings. The molecule has 0 spiro atoms. The molecule has 0 radical (unpaired) electrons. The van der Waals surface area contributed by atoms with E-state index in [0.29, 0.717) is 36.6 Å². The monoisotopic (exact) mass is 326 g/mol. The van der Waals surface area contributed by atoms with Crippen LogP contribution in [0.3, 0.4) is 0 Å². The molecule has 0 aromatic heterocycles. The van der Waals surface area contributed by atoms with E-state index in [2.05, 4.69) is 28.9 Å². The summed E-state index contributed by atoms with van der Waals surface area (Å²) in [6, 6.07) is 8.60. The maximum absolute atomic E-state index is 12.8. The molecule has 0 unspecified atom stereocenters. The zero-order valence-electron chi connectivity index (χ0n) is 14.4. The van der Waals surface area contributed by atoms with Crippen LogP contribution < -0.4 is 0 Å². The molecule has 0 aliphatic carbocycles. The van der Waals surface area contributed by atoms with E-state index >= 15 is 0 Å². The summed E-state index contributed by atoms with van der Waals surface area (Å²) in [5, 5.41) is 0. The second-order valence-corrected chi connectivity index (χ2v) is 7.83. The third-order valence-corrected chi connectivity index (χ3v) is 5.97. The quantitative estimate of drug-likeness (QED) is 0.837. The molecule has 3 atom stereocenters. The van der Waals surface area contributed by atoms with E-state index < -0.39 is 0 Å². The van der Waals surface area contributed by atoms with Gasteiger partial charge in [0.25, 0.3) is 0 Å². The number of fused-ring (bicyclic) bond motifs is 4. The lowest BCUT2D eigenvalue weighted by atomic mass is 9.76. The Balaban J connectivity index is 1.45. The maximum Gasteiger partial charge on any atom is 0.227 e. The topological polar surface area (TPSA) is 40.6 Å². The minimum absolute atomic E-state index is 0.242. The minimum atomic E-state index is 0.242. The lowest BCUT2D eigenvalue weighted by molar-refractivity contribution is -0.148. The Morgan fingerprint density at radius 3 is 2.96 bits per heavy atom. The van der Waals surface area contributed by atoms with Crippen LogP contribution in [0.2, 0.25) is 0 Å². The van der Waals surface area contributed by atoms with Gasteiger partial charge in [0.2, 0.25) is 11.8 Å². The summed E-state index contributed by atoms with van der Waals surface area (Å²) in [6.07, 6.45) is 4.52. The van der Waals surface area contributed by atoms with E-state index in [0.717, 1.165) is 38.0 Å². The minimum Gasteiger partial charge on any atom is -0.342 e. The number of carbonyl (C=O) groups excluding carboxylic acids is 2. The van der Waals surface area contributed by atoms with Crippen LogP contribution in [0.5, 0.6) is 0 Å². The van der Waals surface area contributed by atoms with Crippen molar-refractivity contribution in [1.82, 2.24) is 9.80 Å². The van der Waals surface area contributed by atoms with Gasteiger partial charge in [-0.25, -0.2) is 0 Å². The number of rotatable bonds is 2. The molecule has 4 nitrogen and oxygen atoms in total. The van der Waals surface area contributed by atoms with E-state index in [9.17, 15) is 9.59 Å². The summed E-state index contributed by atoms with van der Waals surface area (Å²) in [5.41, 5.74) is 2.30. The average molecular weight is 326 g/mol. The van der Waals surface area contributed by atoms with Gasteiger partial charge in [-0.15, -0.1) is 0 Å². The van der Waals surface area contributed by atoms with Gasteiger partial charge < -0.3 is 9.80 Å². The Bertz CT molecular complexity index is 657. The zero-order chi connectivity index (χ0) is 16.7. The molecular weight excluding hydrogens is 300 g/mol. The van der Waals surface area contributed by atoms with Gasteiger partial charge in [-0.1, -0.05) is 29.8 Å². The number of nitrogens with zero attached hydrogens (tertiary/aromatic N) is 2. The highest BCUT2D eigenvalue weighted by Crippen LogP contribution is 2.38. The van der Waals surface area contributed by atoms with Gasteiger partial charge in [0.05, 0.1) is 6.42 Å². The Labute approximate surface area is 143 Å². The van der Waals surface area contributed by atoms with Crippen molar-refractivity contribution in [3.63, 3.8) is 0 Å². The molecule has 1 aromatic carbocycles. The first-order valence-electron chi connectivity index (χ1n) is 9.23. The highest BCUT2D eigenvalue weighted by Gasteiger charge is 2.44. The third-order valence-electron chi connectivity index (χ3n) is 5.97. The second kappa shape index (κ2) is 6.23. The van der Waals surface area contributed by atoms with Crippen molar-refractivity contribution in [3.05, 3.63) is 35.4 Å². The number of aryl methyl sites for hydroxylation is 1. The van der Waals surface area contributed by atoms with E-state index in [1.165, 1.54) is 12.0 Å². The predicted molar refractivity (Wildman–Crippen MR) is 92.4 cm³/mol. The van der Waals surface area contributed by atoms with Gasteiger partial charge in [-0.3, -0.25) is 9.59 Å². The van der Waals surface area contributed by atoms with E-state index in [-0.39, 0.29) is 5.91 Å². The van der Waals surface area contributed by atoms with E-state index in [1.807, 2.05) is 12.1 Å². The Morgan fingerprint density at radius 2 is 2.12 bits per heavy atom. The summed E-state index contributed by atoms with van der Waals surface area (Å²) >= 11 is 0. The molecule has 0 saturated carbocycles. The van der Waals surface area contributed by atoms with Crippen molar-refractivity contribution in [3.8, 4) is 0 Å². The second-order valence-electron chi connectivity index (χ2n) is 7.83. The Kier molecular flexibility index (Phi) is 4.07. The molecule has 3 fully saturated rings. The lowest BCUT2D eigenvalue weighted by Crippen LogP contribution is -2.61. The van der Waals surface area contributed by atoms with Gasteiger partial charge in [0, 0.05) is 32.1 Å². The number of amides is 2. The number of benzene rings is 1. The van der Waals surface area contributed by atoms with Crippen molar-refractivity contribution >= 4 is 11.8 Å².